The second kappa shape index (κ2) is 5.32. The van der Waals surface area contributed by atoms with E-state index in [1.54, 1.807) is 23.6 Å². The summed E-state index contributed by atoms with van der Waals surface area (Å²) < 4.78 is 0. The summed E-state index contributed by atoms with van der Waals surface area (Å²) in [4.78, 5) is 25.7. The Morgan fingerprint density at radius 1 is 1.63 bits per heavy atom. The maximum atomic E-state index is 12.3. The summed E-state index contributed by atoms with van der Waals surface area (Å²) in [6.45, 7) is 5.61. The standard InChI is InChI=1S/C13H22N2O3S/c1-8(6-9(2)16)14-12(18)10-7-19-13(3)5-4-11(17)15(10)13/h8-10,16H,4-7H2,1-3H3,(H,14,18). The average molecular weight is 286 g/mol. The van der Waals surface area contributed by atoms with Gasteiger partial charge in [-0.3, -0.25) is 9.59 Å². The van der Waals surface area contributed by atoms with Gasteiger partial charge in [0.05, 0.1) is 11.0 Å². The molecule has 2 N–H and O–H groups in total. The lowest BCUT2D eigenvalue weighted by atomic mass is 10.1. The van der Waals surface area contributed by atoms with Gasteiger partial charge in [0.1, 0.15) is 6.04 Å². The first-order valence-corrected chi connectivity index (χ1v) is 7.76. The Morgan fingerprint density at radius 2 is 2.32 bits per heavy atom. The van der Waals surface area contributed by atoms with E-state index in [0.29, 0.717) is 18.6 Å². The number of aliphatic hydroxyl groups excluding tert-OH is 1. The number of nitrogens with one attached hydrogen (secondary N) is 1. The van der Waals surface area contributed by atoms with Gasteiger partial charge in [-0.25, -0.2) is 0 Å². The smallest absolute Gasteiger partial charge is 0.243 e. The minimum absolute atomic E-state index is 0.0795. The number of hydrogen-bond donors (Lipinski definition) is 2. The van der Waals surface area contributed by atoms with Crippen LogP contribution in [0.25, 0.3) is 0 Å². The number of aliphatic hydroxyl groups is 1. The van der Waals surface area contributed by atoms with Crippen LogP contribution in [0.5, 0.6) is 0 Å². The number of carbonyl (C=O) groups is 2. The molecule has 0 aliphatic carbocycles. The van der Waals surface area contributed by atoms with Crippen molar-refractivity contribution in [1.29, 1.82) is 0 Å². The molecule has 2 heterocycles. The van der Waals surface area contributed by atoms with Crippen LogP contribution in [-0.4, -0.2) is 50.6 Å². The topological polar surface area (TPSA) is 69.6 Å². The summed E-state index contributed by atoms with van der Waals surface area (Å²) in [5, 5.41) is 12.2. The Hall–Kier alpha value is -0.750. The lowest BCUT2D eigenvalue weighted by Gasteiger charge is -2.30. The van der Waals surface area contributed by atoms with Crippen molar-refractivity contribution in [3.8, 4) is 0 Å². The monoisotopic (exact) mass is 286 g/mol. The van der Waals surface area contributed by atoms with Crippen molar-refractivity contribution in [3.63, 3.8) is 0 Å². The molecule has 108 valence electrons. The van der Waals surface area contributed by atoms with Crippen LogP contribution in [0.4, 0.5) is 0 Å². The molecule has 6 heteroatoms. The van der Waals surface area contributed by atoms with Crippen LogP contribution in [0.15, 0.2) is 0 Å². The molecule has 0 aromatic carbocycles. The Bertz CT molecular complexity index is 388. The summed E-state index contributed by atoms with van der Waals surface area (Å²) in [5.74, 6) is 0.644. The summed E-state index contributed by atoms with van der Waals surface area (Å²) in [5.41, 5.74) is 0. The predicted molar refractivity (Wildman–Crippen MR) is 74.6 cm³/mol. The third-order valence-corrected chi connectivity index (χ3v) is 5.34. The van der Waals surface area contributed by atoms with E-state index >= 15 is 0 Å². The van der Waals surface area contributed by atoms with Crippen LogP contribution >= 0.6 is 11.8 Å². The molecule has 2 fully saturated rings. The van der Waals surface area contributed by atoms with E-state index < -0.39 is 6.10 Å². The number of thioether (sulfide) groups is 1. The van der Waals surface area contributed by atoms with E-state index in [1.165, 1.54) is 0 Å². The zero-order chi connectivity index (χ0) is 14.2. The first-order valence-electron chi connectivity index (χ1n) is 6.78. The van der Waals surface area contributed by atoms with Gasteiger partial charge in [-0.2, -0.15) is 0 Å². The van der Waals surface area contributed by atoms with Crippen LogP contribution in [0.1, 0.15) is 40.0 Å². The maximum Gasteiger partial charge on any atom is 0.243 e. The van der Waals surface area contributed by atoms with Crippen molar-refractivity contribution >= 4 is 23.6 Å². The number of nitrogens with zero attached hydrogens (tertiary/aromatic N) is 1. The molecule has 0 saturated carbocycles. The van der Waals surface area contributed by atoms with E-state index in [0.717, 1.165) is 6.42 Å². The van der Waals surface area contributed by atoms with Gasteiger partial charge in [-0.1, -0.05) is 0 Å². The lowest BCUT2D eigenvalue weighted by molar-refractivity contribution is -0.138. The van der Waals surface area contributed by atoms with Crippen molar-refractivity contribution in [1.82, 2.24) is 10.2 Å². The number of rotatable bonds is 4. The van der Waals surface area contributed by atoms with Crippen molar-refractivity contribution in [2.45, 2.75) is 63.1 Å². The highest BCUT2D eigenvalue weighted by molar-refractivity contribution is 8.01. The summed E-state index contributed by atoms with van der Waals surface area (Å²) in [6.07, 6.45) is 1.45. The van der Waals surface area contributed by atoms with Gasteiger partial charge in [0, 0.05) is 18.2 Å². The minimum atomic E-state index is -0.438. The molecular formula is C13H22N2O3S. The molecule has 2 saturated heterocycles. The van der Waals surface area contributed by atoms with E-state index in [-0.39, 0.29) is 28.8 Å². The highest BCUT2D eigenvalue weighted by Crippen LogP contribution is 2.47. The molecule has 0 aromatic heterocycles. The Labute approximate surface area is 118 Å². The Kier molecular flexibility index (Phi) is 4.11. The van der Waals surface area contributed by atoms with E-state index in [9.17, 15) is 14.7 Å². The van der Waals surface area contributed by atoms with Crippen LogP contribution in [0.2, 0.25) is 0 Å². The van der Waals surface area contributed by atoms with Crippen LogP contribution < -0.4 is 5.32 Å². The normalized spacial score (nSPS) is 33.2. The molecule has 4 unspecified atom stereocenters. The third kappa shape index (κ3) is 2.89. The maximum absolute atomic E-state index is 12.3. The van der Waals surface area contributed by atoms with Gasteiger partial charge in [0.15, 0.2) is 0 Å². The molecule has 2 aliphatic heterocycles. The highest BCUT2D eigenvalue weighted by Gasteiger charge is 2.52. The molecule has 0 bridgehead atoms. The second-order valence-corrected chi connectivity index (χ2v) is 7.26. The zero-order valence-corrected chi connectivity index (χ0v) is 12.5. The summed E-state index contributed by atoms with van der Waals surface area (Å²) in [7, 11) is 0. The van der Waals surface area contributed by atoms with Gasteiger partial charge in [0.25, 0.3) is 0 Å². The molecule has 2 rings (SSSR count). The molecule has 0 aromatic rings. The molecule has 2 aliphatic rings. The number of hydrogen-bond acceptors (Lipinski definition) is 4. The van der Waals surface area contributed by atoms with E-state index in [4.69, 9.17) is 0 Å². The van der Waals surface area contributed by atoms with Gasteiger partial charge in [-0.15, -0.1) is 11.8 Å². The molecule has 19 heavy (non-hydrogen) atoms. The van der Waals surface area contributed by atoms with Crippen LogP contribution in [0, 0.1) is 0 Å². The molecule has 2 amide bonds. The fourth-order valence-electron chi connectivity index (χ4n) is 2.92. The fraction of sp³-hybridized carbons (Fsp3) is 0.846. The summed E-state index contributed by atoms with van der Waals surface area (Å²) >= 11 is 1.69. The number of fused-ring (bicyclic) bond motifs is 1. The Balaban J connectivity index is 1.99. The Morgan fingerprint density at radius 3 is 2.95 bits per heavy atom. The molecule has 0 radical (unpaired) electrons. The summed E-state index contributed by atoms with van der Waals surface area (Å²) in [6, 6.07) is -0.441. The fourth-order valence-corrected chi connectivity index (χ4v) is 4.36. The quantitative estimate of drug-likeness (QED) is 0.799. The zero-order valence-electron chi connectivity index (χ0n) is 11.7. The first kappa shape index (κ1) is 14.7. The number of carbonyl (C=O) groups excluding carboxylic acids is 2. The second-order valence-electron chi connectivity index (χ2n) is 5.76. The number of amides is 2. The lowest BCUT2D eigenvalue weighted by Crippen LogP contribution is -2.52. The highest BCUT2D eigenvalue weighted by atomic mass is 32.2. The molecule has 0 spiro atoms. The van der Waals surface area contributed by atoms with Gasteiger partial charge in [-0.05, 0) is 33.6 Å². The predicted octanol–water partition coefficient (Wildman–Crippen LogP) is 0.716. The van der Waals surface area contributed by atoms with Crippen LogP contribution in [0.3, 0.4) is 0 Å². The average Bonchev–Trinajstić information content (AvgIpc) is 2.75. The minimum Gasteiger partial charge on any atom is -0.393 e. The van der Waals surface area contributed by atoms with E-state index in [2.05, 4.69) is 5.32 Å². The SMILES string of the molecule is CC(O)CC(C)NC(=O)C1CSC2(C)CCC(=O)N12. The molecule has 5 nitrogen and oxygen atoms in total. The van der Waals surface area contributed by atoms with E-state index in [1.807, 2.05) is 13.8 Å². The van der Waals surface area contributed by atoms with Crippen LogP contribution in [-0.2, 0) is 9.59 Å². The van der Waals surface area contributed by atoms with Gasteiger partial charge in [0.2, 0.25) is 11.8 Å². The van der Waals surface area contributed by atoms with Crippen molar-refractivity contribution in [3.05, 3.63) is 0 Å². The molecular weight excluding hydrogens is 264 g/mol. The van der Waals surface area contributed by atoms with Gasteiger partial charge < -0.3 is 15.3 Å². The first-order chi connectivity index (χ1) is 8.83. The van der Waals surface area contributed by atoms with Gasteiger partial charge >= 0.3 is 0 Å². The van der Waals surface area contributed by atoms with Crippen molar-refractivity contribution < 1.29 is 14.7 Å². The van der Waals surface area contributed by atoms with Crippen molar-refractivity contribution in [2.24, 2.45) is 0 Å². The largest absolute Gasteiger partial charge is 0.393 e. The third-order valence-electron chi connectivity index (χ3n) is 3.83. The molecule has 4 atom stereocenters. The van der Waals surface area contributed by atoms with Crippen molar-refractivity contribution in [2.75, 3.05) is 5.75 Å².